The largest absolute Gasteiger partial charge is 0.269 e. The summed E-state index contributed by atoms with van der Waals surface area (Å²) in [4.78, 5) is 25.7. The molecule has 0 saturated heterocycles. The number of imide groups is 1. The molecule has 2 amide bonds. The second-order valence-corrected chi connectivity index (χ2v) is 7.44. The Morgan fingerprint density at radius 1 is 0.958 bits per heavy atom. The lowest BCUT2D eigenvalue weighted by atomic mass is 9.88. The van der Waals surface area contributed by atoms with E-state index in [1.54, 1.807) is 13.8 Å². The van der Waals surface area contributed by atoms with Gasteiger partial charge in [0.25, 0.3) is 11.8 Å². The van der Waals surface area contributed by atoms with Gasteiger partial charge in [-0.05, 0) is 75.0 Å². The fourth-order valence-corrected chi connectivity index (χ4v) is 4.37. The fraction of sp³-hybridized carbons (Fsp3) is 0.429. The van der Waals surface area contributed by atoms with Gasteiger partial charge in [0, 0.05) is 11.1 Å². The van der Waals surface area contributed by atoms with Crippen LogP contribution in [0, 0.1) is 17.8 Å². The van der Waals surface area contributed by atoms with Gasteiger partial charge < -0.3 is 0 Å². The fourth-order valence-electron chi connectivity index (χ4n) is 4.37. The van der Waals surface area contributed by atoms with Gasteiger partial charge in [0.15, 0.2) is 0 Å². The van der Waals surface area contributed by atoms with Gasteiger partial charge in [-0.2, -0.15) is 0 Å². The van der Waals surface area contributed by atoms with Crippen LogP contribution in [0.15, 0.2) is 47.6 Å². The van der Waals surface area contributed by atoms with Crippen LogP contribution in [0.4, 0.5) is 5.69 Å². The number of rotatable bonds is 4. The first-order valence-corrected chi connectivity index (χ1v) is 8.88. The Balaban J connectivity index is 1.41. The van der Waals surface area contributed by atoms with Gasteiger partial charge in [-0.1, -0.05) is 24.3 Å². The standard InChI is InChI=1S/C21H23NO2/c1-13-14(2)21(24)22(20(13)23)19-9-5-15(6-10-19)3-7-17-11-16-4-8-18(17)12-16/h4-6,8-10,16-18H,3,7,11-12H2,1-2H3/t16?,17?,18-/m1/s1. The predicted molar refractivity (Wildman–Crippen MR) is 94.5 cm³/mol. The Morgan fingerprint density at radius 2 is 1.62 bits per heavy atom. The van der Waals surface area contributed by atoms with Gasteiger partial charge in [-0.3, -0.25) is 9.59 Å². The maximum absolute atomic E-state index is 12.2. The Bertz CT molecular complexity index is 733. The number of fused-ring (bicyclic) bond motifs is 2. The van der Waals surface area contributed by atoms with Crippen molar-refractivity contribution in [3.05, 3.63) is 53.1 Å². The zero-order chi connectivity index (χ0) is 16.8. The quantitative estimate of drug-likeness (QED) is 0.620. The SMILES string of the molecule is CC1=C(C)C(=O)N(c2ccc(CCC3CC4C=C[C@@H]3C4)cc2)C1=O. The number of amides is 2. The van der Waals surface area contributed by atoms with E-state index in [1.165, 1.54) is 29.7 Å². The average Bonchev–Trinajstić information content (AvgIpc) is 3.26. The van der Waals surface area contributed by atoms with Crippen molar-refractivity contribution in [2.24, 2.45) is 17.8 Å². The second-order valence-electron chi connectivity index (χ2n) is 7.44. The first-order valence-electron chi connectivity index (χ1n) is 8.88. The van der Waals surface area contributed by atoms with Gasteiger partial charge >= 0.3 is 0 Å². The summed E-state index contributed by atoms with van der Waals surface area (Å²) in [5, 5.41) is 0. The van der Waals surface area contributed by atoms with E-state index in [9.17, 15) is 9.59 Å². The minimum absolute atomic E-state index is 0.195. The molecule has 0 spiro atoms. The van der Waals surface area contributed by atoms with Gasteiger partial charge in [0.05, 0.1) is 5.69 Å². The minimum atomic E-state index is -0.195. The van der Waals surface area contributed by atoms with Crippen LogP contribution < -0.4 is 4.90 Å². The molecular formula is C21H23NO2. The summed E-state index contributed by atoms with van der Waals surface area (Å²) < 4.78 is 0. The molecule has 2 aliphatic carbocycles. The van der Waals surface area contributed by atoms with Crippen molar-refractivity contribution in [1.29, 1.82) is 0 Å². The molecule has 0 N–H and O–H groups in total. The zero-order valence-corrected chi connectivity index (χ0v) is 14.3. The molecule has 4 rings (SSSR count). The lowest BCUT2D eigenvalue weighted by molar-refractivity contribution is -0.120. The highest BCUT2D eigenvalue weighted by Gasteiger charge is 2.35. The molecule has 1 fully saturated rings. The van der Waals surface area contributed by atoms with Crippen LogP contribution in [-0.2, 0) is 16.0 Å². The van der Waals surface area contributed by atoms with Crippen LogP contribution in [-0.4, -0.2) is 11.8 Å². The molecule has 1 saturated carbocycles. The highest BCUT2D eigenvalue weighted by Crippen LogP contribution is 2.45. The molecule has 3 atom stereocenters. The van der Waals surface area contributed by atoms with Gasteiger partial charge in [-0.15, -0.1) is 0 Å². The van der Waals surface area contributed by atoms with Crippen LogP contribution in [0.3, 0.4) is 0 Å². The van der Waals surface area contributed by atoms with E-state index < -0.39 is 0 Å². The number of aryl methyl sites for hydroxylation is 1. The Kier molecular flexibility index (Phi) is 3.67. The van der Waals surface area contributed by atoms with E-state index in [2.05, 4.69) is 24.3 Å². The third-order valence-electron chi connectivity index (χ3n) is 6.03. The van der Waals surface area contributed by atoms with E-state index >= 15 is 0 Å². The van der Waals surface area contributed by atoms with Crippen molar-refractivity contribution in [2.45, 2.75) is 39.5 Å². The van der Waals surface area contributed by atoms with Crippen molar-refractivity contribution in [1.82, 2.24) is 0 Å². The summed E-state index contributed by atoms with van der Waals surface area (Å²) in [6, 6.07) is 7.92. The molecular weight excluding hydrogens is 298 g/mol. The molecule has 124 valence electrons. The molecule has 1 aromatic carbocycles. The molecule has 1 aliphatic heterocycles. The Hall–Kier alpha value is -2.16. The zero-order valence-electron chi connectivity index (χ0n) is 14.3. The maximum Gasteiger partial charge on any atom is 0.261 e. The number of carbonyl (C=O) groups is 2. The molecule has 3 aliphatic rings. The van der Waals surface area contributed by atoms with E-state index in [-0.39, 0.29) is 11.8 Å². The topological polar surface area (TPSA) is 37.4 Å². The monoisotopic (exact) mass is 321 g/mol. The van der Waals surface area contributed by atoms with Crippen LogP contribution in [0.1, 0.15) is 38.7 Å². The summed E-state index contributed by atoms with van der Waals surface area (Å²) in [6.45, 7) is 3.43. The predicted octanol–water partition coefficient (Wildman–Crippen LogP) is 4.04. The summed E-state index contributed by atoms with van der Waals surface area (Å²) >= 11 is 0. The third kappa shape index (κ3) is 2.43. The van der Waals surface area contributed by atoms with E-state index in [4.69, 9.17) is 0 Å². The average molecular weight is 321 g/mol. The molecule has 2 unspecified atom stereocenters. The first kappa shape index (κ1) is 15.4. The smallest absolute Gasteiger partial charge is 0.261 e. The van der Waals surface area contributed by atoms with Crippen LogP contribution in [0.5, 0.6) is 0 Å². The number of hydrogen-bond donors (Lipinski definition) is 0. The van der Waals surface area contributed by atoms with Crippen molar-refractivity contribution in [3.8, 4) is 0 Å². The van der Waals surface area contributed by atoms with Crippen molar-refractivity contribution >= 4 is 17.5 Å². The minimum Gasteiger partial charge on any atom is -0.269 e. The highest BCUT2D eigenvalue weighted by molar-refractivity contribution is 6.32. The summed E-state index contributed by atoms with van der Waals surface area (Å²) in [7, 11) is 0. The number of benzene rings is 1. The van der Waals surface area contributed by atoms with Crippen LogP contribution in [0.25, 0.3) is 0 Å². The third-order valence-corrected chi connectivity index (χ3v) is 6.03. The normalized spacial score (nSPS) is 28.6. The molecule has 0 aromatic heterocycles. The number of hydrogen-bond acceptors (Lipinski definition) is 2. The number of allylic oxidation sites excluding steroid dienone is 2. The molecule has 3 nitrogen and oxygen atoms in total. The number of nitrogens with zero attached hydrogens (tertiary/aromatic N) is 1. The molecule has 24 heavy (non-hydrogen) atoms. The molecule has 1 aromatic rings. The molecule has 1 heterocycles. The van der Waals surface area contributed by atoms with Crippen molar-refractivity contribution in [2.75, 3.05) is 4.90 Å². The van der Waals surface area contributed by atoms with Crippen molar-refractivity contribution < 1.29 is 9.59 Å². The molecule has 2 bridgehead atoms. The molecule has 3 heteroatoms. The summed E-state index contributed by atoms with van der Waals surface area (Å²) in [5.74, 6) is 2.06. The van der Waals surface area contributed by atoms with Gasteiger partial charge in [0.2, 0.25) is 0 Å². The Labute approximate surface area is 143 Å². The Morgan fingerprint density at radius 3 is 2.17 bits per heavy atom. The van der Waals surface area contributed by atoms with Crippen LogP contribution in [0.2, 0.25) is 0 Å². The maximum atomic E-state index is 12.2. The van der Waals surface area contributed by atoms with Gasteiger partial charge in [0.1, 0.15) is 0 Å². The first-order chi connectivity index (χ1) is 11.5. The number of anilines is 1. The highest BCUT2D eigenvalue weighted by atomic mass is 16.2. The number of carbonyl (C=O) groups excluding carboxylic acids is 2. The lowest BCUT2D eigenvalue weighted by Gasteiger charge is -2.18. The van der Waals surface area contributed by atoms with Crippen molar-refractivity contribution in [3.63, 3.8) is 0 Å². The second kappa shape index (κ2) is 5.73. The molecule has 0 radical (unpaired) electrons. The van der Waals surface area contributed by atoms with Gasteiger partial charge in [-0.25, -0.2) is 4.90 Å². The van der Waals surface area contributed by atoms with E-state index in [0.29, 0.717) is 16.8 Å². The van der Waals surface area contributed by atoms with E-state index in [1.807, 2.05) is 12.1 Å². The van der Waals surface area contributed by atoms with E-state index in [0.717, 1.165) is 24.2 Å². The summed E-state index contributed by atoms with van der Waals surface area (Å²) in [6.07, 6.45) is 9.80. The van der Waals surface area contributed by atoms with Crippen LogP contribution >= 0.6 is 0 Å². The summed E-state index contributed by atoms with van der Waals surface area (Å²) in [5.41, 5.74) is 3.06. The lowest BCUT2D eigenvalue weighted by Crippen LogP contribution is -2.31.